The minimum absolute atomic E-state index is 0.219. The molecule has 1 atom stereocenters. The molecule has 0 aliphatic rings. The first kappa shape index (κ1) is 15.3. The van der Waals surface area contributed by atoms with E-state index < -0.39 is 31.1 Å². The second kappa shape index (κ2) is 5.45. The van der Waals surface area contributed by atoms with Gasteiger partial charge in [-0.25, -0.2) is 0 Å². The van der Waals surface area contributed by atoms with E-state index in [1.807, 2.05) is 0 Å². The number of thiophene rings is 1. The van der Waals surface area contributed by atoms with Crippen molar-refractivity contribution < 1.29 is 31.1 Å². The Balaban J connectivity index is 2.89. The molecular formula is C9H9F6NOS. The molecule has 1 aromatic rings. The van der Waals surface area contributed by atoms with Crippen molar-refractivity contribution in [1.82, 2.24) is 0 Å². The van der Waals surface area contributed by atoms with Crippen LogP contribution < -0.4 is 5.73 Å². The summed E-state index contributed by atoms with van der Waals surface area (Å²) in [6.45, 7) is -0.469. The van der Waals surface area contributed by atoms with Crippen molar-refractivity contribution in [3.63, 3.8) is 0 Å². The van der Waals surface area contributed by atoms with E-state index >= 15 is 0 Å². The molecule has 0 fully saturated rings. The van der Waals surface area contributed by atoms with Gasteiger partial charge < -0.3 is 10.5 Å². The number of halogens is 6. The van der Waals surface area contributed by atoms with Gasteiger partial charge in [0.1, 0.15) is 6.10 Å². The average molecular weight is 293 g/mol. The van der Waals surface area contributed by atoms with E-state index in [0.29, 0.717) is 0 Å². The number of nitrogens with two attached hydrogens (primary N) is 1. The van der Waals surface area contributed by atoms with Crippen LogP contribution in [0.25, 0.3) is 0 Å². The highest BCUT2D eigenvalue weighted by Crippen LogP contribution is 2.38. The molecule has 0 spiro atoms. The minimum atomic E-state index is -5.52. The molecule has 9 heteroatoms. The number of hydrogen-bond acceptors (Lipinski definition) is 3. The summed E-state index contributed by atoms with van der Waals surface area (Å²) in [6.07, 6.45) is -16.3. The van der Waals surface area contributed by atoms with E-state index in [1.165, 1.54) is 17.5 Å². The quantitative estimate of drug-likeness (QED) is 0.865. The van der Waals surface area contributed by atoms with Gasteiger partial charge in [-0.05, 0) is 11.4 Å². The van der Waals surface area contributed by atoms with Crippen LogP contribution in [0.2, 0.25) is 0 Å². The van der Waals surface area contributed by atoms with Crippen LogP contribution in [0.3, 0.4) is 0 Å². The van der Waals surface area contributed by atoms with E-state index in [4.69, 9.17) is 5.73 Å². The maximum Gasteiger partial charge on any atom is 0.423 e. The Morgan fingerprint density at radius 2 is 1.72 bits per heavy atom. The normalized spacial score (nSPS) is 15.1. The number of ether oxygens (including phenoxy) is 1. The Labute approximate surface area is 102 Å². The van der Waals surface area contributed by atoms with Crippen LogP contribution in [0.1, 0.15) is 11.0 Å². The summed E-state index contributed by atoms with van der Waals surface area (Å²) in [4.78, 5) is 0.219. The maximum absolute atomic E-state index is 12.3. The van der Waals surface area contributed by atoms with Crippen molar-refractivity contribution in [2.45, 2.75) is 24.6 Å². The Kier molecular flexibility index (Phi) is 4.62. The van der Waals surface area contributed by atoms with E-state index in [2.05, 4.69) is 4.74 Å². The molecule has 18 heavy (non-hydrogen) atoms. The van der Waals surface area contributed by atoms with Gasteiger partial charge >= 0.3 is 12.4 Å². The van der Waals surface area contributed by atoms with Crippen molar-refractivity contribution in [2.75, 3.05) is 6.54 Å². The molecular weight excluding hydrogens is 284 g/mol. The van der Waals surface area contributed by atoms with Gasteiger partial charge in [0.2, 0.25) is 6.10 Å². The van der Waals surface area contributed by atoms with Crippen molar-refractivity contribution in [2.24, 2.45) is 5.73 Å². The first-order valence-electron chi connectivity index (χ1n) is 4.68. The zero-order valence-electron chi connectivity index (χ0n) is 8.76. The predicted molar refractivity (Wildman–Crippen MR) is 53.1 cm³/mol. The number of hydrogen-bond donors (Lipinski definition) is 1. The third kappa shape index (κ3) is 3.85. The summed E-state index contributed by atoms with van der Waals surface area (Å²) in [5, 5.41) is 1.51. The summed E-state index contributed by atoms with van der Waals surface area (Å²) in [5.41, 5.74) is 5.15. The van der Waals surface area contributed by atoms with Gasteiger partial charge in [-0.1, -0.05) is 6.07 Å². The first-order chi connectivity index (χ1) is 8.16. The summed E-state index contributed by atoms with van der Waals surface area (Å²) >= 11 is 0.979. The van der Waals surface area contributed by atoms with Gasteiger partial charge in [0, 0.05) is 11.4 Å². The van der Waals surface area contributed by atoms with Crippen LogP contribution in [0.4, 0.5) is 26.3 Å². The smallest absolute Gasteiger partial charge is 0.351 e. The van der Waals surface area contributed by atoms with Gasteiger partial charge in [-0.2, -0.15) is 26.3 Å². The van der Waals surface area contributed by atoms with Crippen LogP contribution in [-0.4, -0.2) is 25.0 Å². The topological polar surface area (TPSA) is 35.2 Å². The van der Waals surface area contributed by atoms with Gasteiger partial charge in [-0.3, -0.25) is 0 Å². The molecule has 2 nitrogen and oxygen atoms in total. The SMILES string of the molecule is NCC(OC(C(F)(F)F)C(F)(F)F)c1cccs1. The van der Waals surface area contributed by atoms with E-state index in [0.717, 1.165) is 11.3 Å². The van der Waals surface area contributed by atoms with Gasteiger partial charge in [0.15, 0.2) is 0 Å². The van der Waals surface area contributed by atoms with Crippen molar-refractivity contribution in [3.8, 4) is 0 Å². The maximum atomic E-state index is 12.3. The third-order valence-electron chi connectivity index (χ3n) is 1.97. The molecule has 0 bridgehead atoms. The monoisotopic (exact) mass is 293 g/mol. The molecule has 1 heterocycles. The number of alkyl halides is 6. The Bertz CT molecular complexity index is 346. The standard InChI is InChI=1S/C9H9F6NOS/c10-8(11,12)7(9(13,14)15)17-5(4-16)6-2-1-3-18-6/h1-3,5,7H,4,16H2. The van der Waals surface area contributed by atoms with Gasteiger partial charge in [0.25, 0.3) is 0 Å². The Hall–Kier alpha value is -0.800. The highest BCUT2D eigenvalue weighted by atomic mass is 32.1. The molecule has 0 aromatic carbocycles. The molecule has 1 aromatic heterocycles. The van der Waals surface area contributed by atoms with Crippen LogP contribution in [0.15, 0.2) is 17.5 Å². The lowest BCUT2D eigenvalue weighted by Gasteiger charge is -2.27. The fourth-order valence-electron chi connectivity index (χ4n) is 1.22. The molecule has 0 amide bonds. The van der Waals surface area contributed by atoms with Crippen molar-refractivity contribution >= 4 is 11.3 Å². The molecule has 1 rings (SSSR count). The molecule has 2 N–H and O–H groups in total. The third-order valence-corrected chi connectivity index (χ3v) is 2.93. The number of rotatable bonds is 4. The fourth-order valence-corrected chi connectivity index (χ4v) is 1.99. The lowest BCUT2D eigenvalue weighted by molar-refractivity contribution is -0.331. The summed E-state index contributed by atoms with van der Waals surface area (Å²) < 4.78 is 77.7. The lowest BCUT2D eigenvalue weighted by atomic mass is 10.2. The molecule has 0 aliphatic carbocycles. The van der Waals surface area contributed by atoms with E-state index in [1.54, 1.807) is 0 Å². The molecule has 0 aliphatic heterocycles. The van der Waals surface area contributed by atoms with Crippen LogP contribution >= 0.6 is 11.3 Å². The highest BCUT2D eigenvalue weighted by Gasteiger charge is 2.58. The minimum Gasteiger partial charge on any atom is -0.351 e. The lowest BCUT2D eigenvalue weighted by Crippen LogP contribution is -2.45. The van der Waals surface area contributed by atoms with Crippen LogP contribution in [0, 0.1) is 0 Å². The van der Waals surface area contributed by atoms with E-state index in [9.17, 15) is 26.3 Å². The zero-order chi connectivity index (χ0) is 14.0. The summed E-state index contributed by atoms with van der Waals surface area (Å²) in [6, 6.07) is 2.86. The molecule has 0 saturated heterocycles. The largest absolute Gasteiger partial charge is 0.423 e. The van der Waals surface area contributed by atoms with Gasteiger partial charge in [-0.15, -0.1) is 11.3 Å². The van der Waals surface area contributed by atoms with Crippen molar-refractivity contribution in [3.05, 3.63) is 22.4 Å². The molecule has 0 saturated carbocycles. The summed E-state index contributed by atoms with van der Waals surface area (Å²) in [7, 11) is 0. The Morgan fingerprint density at radius 1 is 1.17 bits per heavy atom. The van der Waals surface area contributed by atoms with Crippen molar-refractivity contribution in [1.29, 1.82) is 0 Å². The predicted octanol–water partition coefficient (Wildman–Crippen LogP) is 3.26. The first-order valence-corrected chi connectivity index (χ1v) is 5.56. The van der Waals surface area contributed by atoms with Crippen LogP contribution in [-0.2, 0) is 4.74 Å². The van der Waals surface area contributed by atoms with Crippen LogP contribution in [0.5, 0.6) is 0 Å². The average Bonchev–Trinajstić information content (AvgIpc) is 2.68. The molecule has 104 valence electrons. The second-order valence-electron chi connectivity index (χ2n) is 3.34. The molecule has 1 unspecified atom stereocenters. The fraction of sp³-hybridized carbons (Fsp3) is 0.556. The zero-order valence-corrected chi connectivity index (χ0v) is 9.57. The molecule has 0 radical (unpaired) electrons. The second-order valence-corrected chi connectivity index (χ2v) is 4.32. The van der Waals surface area contributed by atoms with Gasteiger partial charge in [0.05, 0.1) is 0 Å². The van der Waals surface area contributed by atoms with E-state index in [-0.39, 0.29) is 4.88 Å². The summed E-state index contributed by atoms with van der Waals surface area (Å²) in [5.74, 6) is 0. The highest BCUT2D eigenvalue weighted by molar-refractivity contribution is 7.10. The Morgan fingerprint density at radius 3 is 2.06 bits per heavy atom.